The van der Waals surface area contributed by atoms with Gasteiger partial charge in [-0.25, -0.2) is 0 Å². The highest BCUT2D eigenvalue weighted by Crippen LogP contribution is 2.33. The number of carbonyl (C=O) groups is 1. The molecule has 180 valence electrons. The van der Waals surface area contributed by atoms with Crippen LogP contribution in [0.2, 0.25) is 0 Å². The van der Waals surface area contributed by atoms with Crippen molar-refractivity contribution in [1.29, 1.82) is 5.26 Å². The second kappa shape index (κ2) is 14.4. The van der Waals surface area contributed by atoms with Gasteiger partial charge in [0.25, 0.3) is 5.91 Å². The Kier molecular flexibility index (Phi) is 12.8. The SMILES string of the molecule is CCCCCSCCCCCCCC[C@](C)(O)C(=O)Nc1ccc(C#N)c(C(F)(F)F)c1. The Morgan fingerprint density at radius 3 is 2.25 bits per heavy atom. The van der Waals surface area contributed by atoms with Crippen molar-refractivity contribution < 1.29 is 23.1 Å². The predicted molar refractivity (Wildman–Crippen MR) is 125 cm³/mol. The third-order valence-electron chi connectivity index (χ3n) is 5.29. The second-order valence-corrected chi connectivity index (χ2v) is 9.51. The normalized spacial score (nSPS) is 13.4. The van der Waals surface area contributed by atoms with Gasteiger partial charge >= 0.3 is 6.18 Å². The smallest absolute Gasteiger partial charge is 0.380 e. The number of anilines is 1. The first-order chi connectivity index (χ1) is 15.1. The largest absolute Gasteiger partial charge is 0.417 e. The van der Waals surface area contributed by atoms with Crippen molar-refractivity contribution in [1.82, 2.24) is 0 Å². The van der Waals surface area contributed by atoms with Gasteiger partial charge in [-0.2, -0.15) is 30.2 Å². The van der Waals surface area contributed by atoms with E-state index in [1.807, 2.05) is 11.8 Å². The number of aliphatic hydroxyl groups is 1. The van der Waals surface area contributed by atoms with Gasteiger partial charge in [-0.3, -0.25) is 4.79 Å². The zero-order chi connectivity index (χ0) is 24.0. The Balaban J connectivity index is 2.33. The van der Waals surface area contributed by atoms with Gasteiger partial charge < -0.3 is 10.4 Å². The summed E-state index contributed by atoms with van der Waals surface area (Å²) < 4.78 is 39.2. The minimum Gasteiger partial charge on any atom is -0.380 e. The molecule has 0 aliphatic rings. The highest BCUT2D eigenvalue weighted by Gasteiger charge is 2.35. The molecule has 2 N–H and O–H groups in total. The fraction of sp³-hybridized carbons (Fsp3) is 0.667. The fourth-order valence-electron chi connectivity index (χ4n) is 3.27. The zero-order valence-corrected chi connectivity index (χ0v) is 19.9. The predicted octanol–water partition coefficient (Wildman–Crippen LogP) is 6.92. The summed E-state index contributed by atoms with van der Waals surface area (Å²) in [6.45, 7) is 3.57. The molecule has 4 nitrogen and oxygen atoms in total. The molecule has 1 aromatic carbocycles. The number of hydrogen-bond acceptors (Lipinski definition) is 4. The minimum absolute atomic E-state index is 0.103. The summed E-state index contributed by atoms with van der Waals surface area (Å²) in [4.78, 5) is 12.4. The van der Waals surface area contributed by atoms with Gasteiger partial charge in [-0.05, 0) is 55.9 Å². The van der Waals surface area contributed by atoms with Crippen molar-refractivity contribution in [3.05, 3.63) is 29.3 Å². The highest BCUT2D eigenvalue weighted by atomic mass is 32.2. The van der Waals surface area contributed by atoms with Crippen LogP contribution >= 0.6 is 11.8 Å². The lowest BCUT2D eigenvalue weighted by molar-refractivity contribution is -0.138. The molecule has 8 heteroatoms. The van der Waals surface area contributed by atoms with Crippen molar-refractivity contribution in [2.45, 2.75) is 89.8 Å². The summed E-state index contributed by atoms with van der Waals surface area (Å²) in [6.07, 6.45) is 5.47. The van der Waals surface area contributed by atoms with Crippen LogP contribution < -0.4 is 5.32 Å². The number of nitrogens with zero attached hydrogens (tertiary/aromatic N) is 1. The van der Waals surface area contributed by atoms with Crippen LogP contribution in [0.15, 0.2) is 18.2 Å². The van der Waals surface area contributed by atoms with Crippen LogP contribution in [0.1, 0.15) is 89.2 Å². The van der Waals surface area contributed by atoms with E-state index < -0.39 is 28.8 Å². The summed E-state index contributed by atoms with van der Waals surface area (Å²) in [6, 6.07) is 4.45. The quantitative estimate of drug-likeness (QED) is 0.272. The average Bonchev–Trinajstić information content (AvgIpc) is 2.73. The van der Waals surface area contributed by atoms with Crippen LogP contribution in [0.5, 0.6) is 0 Å². The molecular formula is C24H35F3N2O2S. The third-order valence-corrected chi connectivity index (χ3v) is 6.44. The minimum atomic E-state index is -4.71. The molecule has 1 atom stereocenters. The van der Waals surface area contributed by atoms with E-state index in [-0.39, 0.29) is 12.1 Å². The molecule has 0 saturated carbocycles. The number of thioether (sulfide) groups is 1. The summed E-state index contributed by atoms with van der Waals surface area (Å²) in [7, 11) is 0. The van der Waals surface area contributed by atoms with Gasteiger partial charge in [-0.15, -0.1) is 0 Å². The number of carbonyl (C=O) groups excluding carboxylic acids is 1. The maximum atomic E-state index is 13.1. The molecule has 0 aliphatic heterocycles. The molecule has 0 heterocycles. The average molecular weight is 473 g/mol. The van der Waals surface area contributed by atoms with Crippen LogP contribution in [-0.2, 0) is 11.0 Å². The first-order valence-corrected chi connectivity index (χ1v) is 12.5. The van der Waals surface area contributed by atoms with Gasteiger partial charge in [-0.1, -0.05) is 51.9 Å². The zero-order valence-electron chi connectivity index (χ0n) is 19.1. The first-order valence-electron chi connectivity index (χ1n) is 11.3. The number of nitrogens with one attached hydrogen (secondary N) is 1. The van der Waals surface area contributed by atoms with Crippen LogP contribution in [0, 0.1) is 11.3 Å². The number of alkyl halides is 3. The Labute approximate surface area is 194 Å². The van der Waals surface area contributed by atoms with Gasteiger partial charge in [0, 0.05) is 5.69 Å². The van der Waals surface area contributed by atoms with Crippen molar-refractivity contribution in [2.24, 2.45) is 0 Å². The van der Waals surface area contributed by atoms with Crippen molar-refractivity contribution in [2.75, 3.05) is 16.8 Å². The van der Waals surface area contributed by atoms with E-state index in [1.54, 1.807) is 0 Å². The number of halogens is 3. The van der Waals surface area contributed by atoms with Crippen LogP contribution in [-0.4, -0.2) is 28.1 Å². The summed E-state index contributed by atoms with van der Waals surface area (Å²) in [5, 5.41) is 21.6. The molecule has 0 fully saturated rings. The topological polar surface area (TPSA) is 73.1 Å². The van der Waals surface area contributed by atoms with E-state index in [9.17, 15) is 23.1 Å². The van der Waals surface area contributed by atoms with Gasteiger partial charge in [0.15, 0.2) is 0 Å². The molecule has 0 spiro atoms. The highest BCUT2D eigenvalue weighted by molar-refractivity contribution is 7.99. The summed E-state index contributed by atoms with van der Waals surface area (Å²) >= 11 is 2.02. The van der Waals surface area contributed by atoms with Crippen LogP contribution in [0.25, 0.3) is 0 Å². The van der Waals surface area contributed by atoms with E-state index >= 15 is 0 Å². The molecule has 0 bridgehead atoms. The molecular weight excluding hydrogens is 437 g/mol. The summed E-state index contributed by atoms with van der Waals surface area (Å²) in [5.41, 5.74) is -3.41. The number of amides is 1. The molecule has 0 radical (unpaired) electrons. The lowest BCUT2D eigenvalue weighted by Gasteiger charge is -2.22. The lowest BCUT2D eigenvalue weighted by Crippen LogP contribution is -2.40. The van der Waals surface area contributed by atoms with Gasteiger partial charge in [0.1, 0.15) is 5.60 Å². The molecule has 32 heavy (non-hydrogen) atoms. The molecule has 0 saturated heterocycles. The van der Waals surface area contributed by atoms with Crippen molar-refractivity contribution in [3.63, 3.8) is 0 Å². The maximum Gasteiger partial charge on any atom is 0.417 e. The maximum absolute atomic E-state index is 13.1. The molecule has 0 aliphatic carbocycles. The van der Waals surface area contributed by atoms with Crippen molar-refractivity contribution in [3.8, 4) is 6.07 Å². The van der Waals surface area contributed by atoms with E-state index in [0.717, 1.165) is 25.3 Å². The third kappa shape index (κ3) is 10.7. The van der Waals surface area contributed by atoms with Gasteiger partial charge in [0.2, 0.25) is 0 Å². The molecule has 0 unspecified atom stereocenters. The monoisotopic (exact) mass is 472 g/mol. The van der Waals surface area contributed by atoms with E-state index in [4.69, 9.17) is 5.26 Å². The fourth-order valence-corrected chi connectivity index (χ4v) is 4.29. The Bertz CT molecular complexity index is 746. The molecule has 1 amide bonds. The second-order valence-electron chi connectivity index (χ2n) is 8.29. The number of rotatable bonds is 15. The van der Waals surface area contributed by atoms with E-state index in [1.165, 1.54) is 62.7 Å². The Morgan fingerprint density at radius 1 is 1.06 bits per heavy atom. The first kappa shape index (κ1) is 28.3. The van der Waals surface area contributed by atoms with Crippen LogP contribution in [0.3, 0.4) is 0 Å². The molecule has 1 aromatic rings. The Morgan fingerprint density at radius 2 is 1.66 bits per heavy atom. The lowest BCUT2D eigenvalue weighted by atomic mass is 9.96. The number of benzene rings is 1. The molecule has 1 rings (SSSR count). The summed E-state index contributed by atoms with van der Waals surface area (Å²) in [5.74, 6) is 1.69. The van der Waals surface area contributed by atoms with Gasteiger partial charge in [0.05, 0.1) is 17.2 Å². The number of hydrogen-bond donors (Lipinski definition) is 2. The number of unbranched alkanes of at least 4 members (excludes halogenated alkanes) is 7. The molecule has 0 aromatic heterocycles. The number of nitriles is 1. The standard InChI is InChI=1S/C24H35F3N2O2S/c1-3-4-10-15-32-16-11-8-6-5-7-9-14-23(2,31)22(30)29-20-13-12-19(18-28)21(17-20)24(25,26)27/h12-13,17,31H,3-11,14-16H2,1-2H3,(H,29,30)/t23-/m0/s1. The van der Waals surface area contributed by atoms with Crippen LogP contribution in [0.4, 0.5) is 18.9 Å². The van der Waals surface area contributed by atoms with E-state index in [2.05, 4.69) is 12.2 Å². The van der Waals surface area contributed by atoms with E-state index in [0.29, 0.717) is 12.5 Å². The Hall–Kier alpha value is -1.72. The van der Waals surface area contributed by atoms with Crippen molar-refractivity contribution >= 4 is 23.4 Å².